The topological polar surface area (TPSA) is 105 Å². The molecule has 0 aliphatic carbocycles. The van der Waals surface area contributed by atoms with Gasteiger partial charge < -0.3 is 20.1 Å². The Hall–Kier alpha value is -0.930. The van der Waals surface area contributed by atoms with Gasteiger partial charge in [0.05, 0.1) is 6.61 Å². The van der Waals surface area contributed by atoms with Crippen molar-refractivity contribution in [2.24, 2.45) is 0 Å². The Labute approximate surface area is 120 Å². The molecule has 2 rings (SSSR count). The van der Waals surface area contributed by atoms with E-state index in [4.69, 9.17) is 9.84 Å². The van der Waals surface area contributed by atoms with Gasteiger partial charge in [-0.1, -0.05) is 18.7 Å². The third-order valence-electron chi connectivity index (χ3n) is 3.34. The van der Waals surface area contributed by atoms with Gasteiger partial charge in [0, 0.05) is 11.8 Å². The van der Waals surface area contributed by atoms with Crippen LogP contribution in [0.5, 0.6) is 0 Å². The normalized spacial score (nSPS) is 29.9. The number of aromatic nitrogens is 2. The van der Waals surface area contributed by atoms with Crippen molar-refractivity contribution < 1.29 is 20.1 Å². The number of nitrogens with zero attached hydrogens (tertiary/aromatic N) is 2. The lowest BCUT2D eigenvalue weighted by molar-refractivity contribution is -0.0578. The van der Waals surface area contributed by atoms with Gasteiger partial charge in [0.1, 0.15) is 18.3 Å². The van der Waals surface area contributed by atoms with E-state index in [0.717, 1.165) is 0 Å². The van der Waals surface area contributed by atoms with Gasteiger partial charge in [0.2, 0.25) is 0 Å². The van der Waals surface area contributed by atoms with E-state index in [1.807, 2.05) is 6.92 Å². The van der Waals surface area contributed by atoms with Crippen molar-refractivity contribution in [1.29, 1.82) is 0 Å². The van der Waals surface area contributed by atoms with E-state index in [2.05, 4.69) is 4.98 Å². The molecular formula is C12H18N2O5S. The van der Waals surface area contributed by atoms with Crippen LogP contribution in [0.25, 0.3) is 0 Å². The van der Waals surface area contributed by atoms with Gasteiger partial charge in [0.15, 0.2) is 11.4 Å². The van der Waals surface area contributed by atoms with Gasteiger partial charge in [-0.15, -0.1) is 0 Å². The van der Waals surface area contributed by atoms with Crippen molar-refractivity contribution in [1.82, 2.24) is 9.55 Å². The Morgan fingerprint density at radius 2 is 2.15 bits per heavy atom. The molecule has 1 aliphatic heterocycles. The summed E-state index contributed by atoms with van der Waals surface area (Å²) in [5.74, 6) is 0. The molecule has 0 radical (unpaired) electrons. The first kappa shape index (κ1) is 15.5. The number of ether oxygens (including phenoxy) is 1. The number of aliphatic hydroxyl groups is 3. The highest BCUT2D eigenvalue weighted by Crippen LogP contribution is 2.31. The van der Waals surface area contributed by atoms with Crippen LogP contribution in [0.1, 0.15) is 18.7 Å². The Balaban J connectivity index is 2.44. The van der Waals surface area contributed by atoms with Crippen LogP contribution in [-0.4, -0.2) is 56.0 Å². The third-order valence-corrected chi connectivity index (χ3v) is 4.01. The molecule has 20 heavy (non-hydrogen) atoms. The van der Waals surface area contributed by atoms with E-state index in [-0.39, 0.29) is 5.56 Å². The van der Waals surface area contributed by atoms with Crippen molar-refractivity contribution in [3.8, 4) is 0 Å². The number of thioether (sulfide) groups is 1. The summed E-state index contributed by atoms with van der Waals surface area (Å²) in [6, 6.07) is 0. The Morgan fingerprint density at radius 1 is 1.45 bits per heavy atom. The molecule has 0 unspecified atom stereocenters. The second kappa shape index (κ2) is 6.23. The molecule has 4 atom stereocenters. The lowest BCUT2D eigenvalue weighted by Gasteiger charge is -2.21. The maximum Gasteiger partial charge on any atom is 0.276 e. The molecule has 1 aromatic rings. The van der Waals surface area contributed by atoms with Crippen molar-refractivity contribution in [2.45, 2.75) is 43.0 Å². The minimum absolute atomic E-state index is 0.306. The SMILES string of the molecule is CCc1cn([C@@H]2O[C@H](CO)[C@@H](O)[C@H]2O)c(SC)nc1=O. The molecule has 0 aromatic carbocycles. The predicted octanol–water partition coefficient (Wildman–Crippen LogP) is -0.861. The van der Waals surface area contributed by atoms with Crippen LogP contribution in [0.2, 0.25) is 0 Å². The summed E-state index contributed by atoms with van der Waals surface area (Å²) in [6.07, 6.45) is -0.240. The smallest absolute Gasteiger partial charge is 0.276 e. The Kier molecular flexibility index (Phi) is 4.82. The second-order valence-corrected chi connectivity index (χ2v) is 5.32. The molecule has 3 N–H and O–H groups in total. The monoisotopic (exact) mass is 302 g/mol. The molecule has 112 valence electrons. The highest BCUT2D eigenvalue weighted by atomic mass is 32.2. The van der Waals surface area contributed by atoms with E-state index >= 15 is 0 Å². The molecule has 2 heterocycles. The van der Waals surface area contributed by atoms with Crippen LogP contribution in [0.3, 0.4) is 0 Å². The average molecular weight is 302 g/mol. The van der Waals surface area contributed by atoms with Crippen LogP contribution in [0, 0.1) is 0 Å². The number of rotatable bonds is 4. The largest absolute Gasteiger partial charge is 0.394 e. The number of hydrogen-bond donors (Lipinski definition) is 3. The first-order valence-corrected chi connectivity index (χ1v) is 7.54. The molecule has 8 heteroatoms. The molecule has 0 amide bonds. The van der Waals surface area contributed by atoms with Crippen LogP contribution >= 0.6 is 11.8 Å². The number of hydrogen-bond acceptors (Lipinski definition) is 7. The zero-order valence-corrected chi connectivity index (χ0v) is 12.1. The predicted molar refractivity (Wildman–Crippen MR) is 72.7 cm³/mol. The van der Waals surface area contributed by atoms with Crippen LogP contribution < -0.4 is 5.56 Å². The van der Waals surface area contributed by atoms with Gasteiger partial charge in [-0.3, -0.25) is 9.36 Å². The summed E-state index contributed by atoms with van der Waals surface area (Å²) in [6.45, 7) is 1.44. The molecule has 0 bridgehead atoms. The summed E-state index contributed by atoms with van der Waals surface area (Å²) < 4.78 is 7.00. The van der Waals surface area contributed by atoms with Crippen LogP contribution in [0.4, 0.5) is 0 Å². The quantitative estimate of drug-likeness (QED) is 0.491. The number of aliphatic hydroxyl groups excluding tert-OH is 3. The minimum Gasteiger partial charge on any atom is -0.394 e. The molecule has 0 spiro atoms. The minimum atomic E-state index is -1.19. The van der Waals surface area contributed by atoms with Gasteiger partial charge in [-0.05, 0) is 12.7 Å². The Bertz CT molecular complexity index is 535. The van der Waals surface area contributed by atoms with E-state index < -0.39 is 31.1 Å². The summed E-state index contributed by atoms with van der Waals surface area (Å²) in [5.41, 5.74) is 0.195. The van der Waals surface area contributed by atoms with Crippen molar-refractivity contribution in [3.05, 3.63) is 22.1 Å². The molecule has 1 saturated heterocycles. The lowest BCUT2D eigenvalue weighted by atomic mass is 10.1. The first-order chi connectivity index (χ1) is 9.53. The lowest BCUT2D eigenvalue weighted by Crippen LogP contribution is -2.33. The highest BCUT2D eigenvalue weighted by Gasteiger charge is 2.43. The van der Waals surface area contributed by atoms with Crippen molar-refractivity contribution in [2.75, 3.05) is 12.9 Å². The molecule has 1 aromatic heterocycles. The molecule has 7 nitrogen and oxygen atoms in total. The molecule has 1 fully saturated rings. The van der Waals surface area contributed by atoms with Crippen LogP contribution in [-0.2, 0) is 11.2 Å². The Morgan fingerprint density at radius 3 is 2.65 bits per heavy atom. The maximum atomic E-state index is 11.7. The summed E-state index contributed by atoms with van der Waals surface area (Å²) in [4.78, 5) is 15.7. The third kappa shape index (κ3) is 2.61. The zero-order valence-electron chi connectivity index (χ0n) is 11.3. The fourth-order valence-corrected chi connectivity index (χ4v) is 2.72. The zero-order chi connectivity index (χ0) is 14.9. The fraction of sp³-hybridized carbons (Fsp3) is 0.667. The summed E-state index contributed by atoms with van der Waals surface area (Å²) >= 11 is 1.24. The van der Waals surface area contributed by atoms with E-state index in [1.54, 1.807) is 12.5 Å². The summed E-state index contributed by atoms with van der Waals surface area (Å²) in [7, 11) is 0. The van der Waals surface area contributed by atoms with E-state index in [1.165, 1.54) is 16.3 Å². The highest BCUT2D eigenvalue weighted by molar-refractivity contribution is 7.98. The van der Waals surface area contributed by atoms with E-state index in [9.17, 15) is 15.0 Å². The molecular weight excluding hydrogens is 284 g/mol. The van der Waals surface area contributed by atoms with Gasteiger partial charge >= 0.3 is 0 Å². The van der Waals surface area contributed by atoms with Crippen molar-refractivity contribution in [3.63, 3.8) is 0 Å². The van der Waals surface area contributed by atoms with Gasteiger partial charge in [-0.2, -0.15) is 4.98 Å². The summed E-state index contributed by atoms with van der Waals surface area (Å²) in [5, 5.41) is 29.3. The fourth-order valence-electron chi connectivity index (χ4n) is 2.18. The second-order valence-electron chi connectivity index (χ2n) is 4.55. The maximum absolute atomic E-state index is 11.7. The standard InChI is InChI=1S/C12H18N2O5S/c1-3-6-4-14(12(20-2)13-10(6)18)11-9(17)8(16)7(5-15)19-11/h4,7-9,11,15-17H,3,5H2,1-2H3/t7-,8-,9-,11-/m1/s1. The first-order valence-electron chi connectivity index (χ1n) is 6.32. The van der Waals surface area contributed by atoms with Crippen LogP contribution in [0.15, 0.2) is 16.1 Å². The number of aryl methyl sites for hydroxylation is 1. The molecule has 1 aliphatic rings. The average Bonchev–Trinajstić information content (AvgIpc) is 2.74. The van der Waals surface area contributed by atoms with E-state index in [0.29, 0.717) is 17.1 Å². The molecule has 0 saturated carbocycles. The van der Waals surface area contributed by atoms with Gasteiger partial charge in [0.25, 0.3) is 5.56 Å². The van der Waals surface area contributed by atoms with Gasteiger partial charge in [-0.25, -0.2) is 0 Å². The van der Waals surface area contributed by atoms with Crippen molar-refractivity contribution >= 4 is 11.8 Å².